The van der Waals surface area contributed by atoms with Crippen LogP contribution < -0.4 is 0 Å². The van der Waals surface area contributed by atoms with Crippen molar-refractivity contribution in [2.75, 3.05) is 6.61 Å². The molecule has 45 heavy (non-hydrogen) atoms. The SMILES string of the molecule is O=C(OC[C@@H]1O[C@H](OC(=O)c2cc(O)c(O)c(O)c2)[C@@H](O)[C@@H](OC(=O)c2cc(O)c(O)c(O)c2)[C@@H]1O)c1cc(O)c(O)c(O)c1. The molecule has 0 saturated carbocycles. The van der Waals surface area contributed by atoms with Crippen LogP contribution in [0, 0.1) is 0 Å². The summed E-state index contributed by atoms with van der Waals surface area (Å²) >= 11 is 0. The highest BCUT2D eigenvalue weighted by molar-refractivity contribution is 5.92. The number of aliphatic hydroxyl groups excluding tert-OH is 2. The van der Waals surface area contributed by atoms with E-state index in [1.165, 1.54) is 0 Å². The fourth-order valence-electron chi connectivity index (χ4n) is 4.05. The van der Waals surface area contributed by atoms with Crippen LogP contribution in [0.4, 0.5) is 0 Å². The Bertz CT molecular complexity index is 1580. The Morgan fingerprint density at radius 2 is 0.911 bits per heavy atom. The summed E-state index contributed by atoms with van der Waals surface area (Å²) in [5.41, 5.74) is -1.62. The summed E-state index contributed by atoms with van der Waals surface area (Å²) in [6, 6.07) is 4.20. The normalized spacial score (nSPS) is 21.1. The second kappa shape index (κ2) is 12.4. The van der Waals surface area contributed by atoms with Gasteiger partial charge in [-0.1, -0.05) is 0 Å². The van der Waals surface area contributed by atoms with Crippen LogP contribution in [-0.2, 0) is 18.9 Å². The Kier molecular flexibility index (Phi) is 8.84. The van der Waals surface area contributed by atoms with Crippen molar-refractivity contribution in [3.05, 3.63) is 53.1 Å². The van der Waals surface area contributed by atoms with Crippen LogP contribution in [0.15, 0.2) is 36.4 Å². The lowest BCUT2D eigenvalue weighted by Gasteiger charge is -2.41. The molecule has 0 radical (unpaired) electrons. The van der Waals surface area contributed by atoms with Gasteiger partial charge >= 0.3 is 17.9 Å². The molecule has 5 atom stereocenters. The third kappa shape index (κ3) is 6.56. The fourth-order valence-corrected chi connectivity index (χ4v) is 4.05. The van der Waals surface area contributed by atoms with Crippen molar-refractivity contribution in [1.82, 2.24) is 0 Å². The van der Waals surface area contributed by atoms with Gasteiger partial charge in [-0.25, -0.2) is 14.4 Å². The van der Waals surface area contributed by atoms with Crippen molar-refractivity contribution in [2.45, 2.75) is 30.7 Å². The second-order valence-electron chi connectivity index (χ2n) is 9.49. The van der Waals surface area contributed by atoms with Gasteiger partial charge < -0.3 is 75.1 Å². The number of carbonyl (C=O) groups is 3. The van der Waals surface area contributed by atoms with Crippen molar-refractivity contribution >= 4 is 17.9 Å². The zero-order valence-electron chi connectivity index (χ0n) is 22.3. The summed E-state index contributed by atoms with van der Waals surface area (Å²) in [6.45, 7) is -0.918. The zero-order valence-corrected chi connectivity index (χ0v) is 22.3. The highest BCUT2D eigenvalue weighted by Crippen LogP contribution is 2.38. The van der Waals surface area contributed by atoms with Crippen LogP contribution in [0.5, 0.6) is 51.7 Å². The number of esters is 3. The lowest BCUT2D eigenvalue weighted by atomic mass is 9.98. The molecule has 0 aliphatic carbocycles. The number of carbonyl (C=O) groups excluding carboxylic acids is 3. The van der Waals surface area contributed by atoms with E-state index < -0.39 is 124 Å². The zero-order chi connectivity index (χ0) is 33.3. The molecule has 18 heteroatoms. The van der Waals surface area contributed by atoms with Gasteiger partial charge in [-0.2, -0.15) is 0 Å². The monoisotopic (exact) mass is 636 g/mol. The smallest absolute Gasteiger partial charge is 0.340 e. The lowest BCUT2D eigenvalue weighted by molar-refractivity contribution is -0.284. The van der Waals surface area contributed by atoms with Crippen molar-refractivity contribution in [3.63, 3.8) is 0 Å². The van der Waals surface area contributed by atoms with Gasteiger partial charge in [-0.15, -0.1) is 0 Å². The first-order valence-corrected chi connectivity index (χ1v) is 12.4. The van der Waals surface area contributed by atoms with E-state index in [1.54, 1.807) is 0 Å². The van der Waals surface area contributed by atoms with Gasteiger partial charge in [0.25, 0.3) is 0 Å². The number of hydrogen-bond donors (Lipinski definition) is 11. The van der Waals surface area contributed by atoms with Gasteiger partial charge in [-0.05, 0) is 36.4 Å². The molecule has 18 nitrogen and oxygen atoms in total. The van der Waals surface area contributed by atoms with Gasteiger partial charge in [-0.3, -0.25) is 0 Å². The molecular formula is C27H24O18. The molecule has 0 spiro atoms. The number of phenols is 9. The largest absolute Gasteiger partial charge is 0.504 e. The lowest BCUT2D eigenvalue weighted by Crippen LogP contribution is -2.61. The molecule has 1 aliphatic heterocycles. The third-order valence-corrected chi connectivity index (χ3v) is 6.40. The van der Waals surface area contributed by atoms with E-state index >= 15 is 0 Å². The average molecular weight is 636 g/mol. The van der Waals surface area contributed by atoms with Crippen molar-refractivity contribution in [2.24, 2.45) is 0 Å². The minimum absolute atomic E-state index is 0.474. The Balaban J connectivity index is 1.59. The van der Waals surface area contributed by atoms with Crippen LogP contribution in [-0.4, -0.2) is 111 Å². The molecule has 11 N–H and O–H groups in total. The summed E-state index contributed by atoms with van der Waals surface area (Å²) in [5.74, 6) is -12.3. The first-order valence-electron chi connectivity index (χ1n) is 12.4. The molecule has 0 amide bonds. The van der Waals surface area contributed by atoms with Crippen LogP contribution in [0.3, 0.4) is 0 Å². The third-order valence-electron chi connectivity index (χ3n) is 6.40. The molecule has 3 aromatic rings. The van der Waals surface area contributed by atoms with Crippen LogP contribution in [0.2, 0.25) is 0 Å². The number of aromatic hydroxyl groups is 9. The highest BCUT2D eigenvalue weighted by Gasteiger charge is 2.49. The van der Waals surface area contributed by atoms with E-state index in [4.69, 9.17) is 18.9 Å². The number of rotatable bonds is 7. The van der Waals surface area contributed by atoms with E-state index in [0.717, 1.165) is 12.1 Å². The first-order chi connectivity index (χ1) is 21.1. The number of phenolic OH excluding ortho intramolecular Hbond substituents is 9. The average Bonchev–Trinajstić information content (AvgIpc) is 2.99. The predicted molar refractivity (Wildman–Crippen MR) is 140 cm³/mol. The van der Waals surface area contributed by atoms with Crippen molar-refractivity contribution < 1.29 is 89.5 Å². The molecular weight excluding hydrogens is 612 g/mol. The summed E-state index contributed by atoms with van der Waals surface area (Å²) in [7, 11) is 0. The van der Waals surface area contributed by atoms with Crippen LogP contribution in [0.1, 0.15) is 31.1 Å². The summed E-state index contributed by atoms with van der Waals surface area (Å²) in [4.78, 5) is 38.1. The molecule has 4 rings (SSSR count). The molecule has 1 heterocycles. The Morgan fingerprint density at radius 3 is 1.31 bits per heavy atom. The maximum atomic E-state index is 12.8. The Hall–Kier alpha value is -5.85. The number of benzene rings is 3. The topological polar surface area (TPSA) is 311 Å². The molecule has 1 aliphatic rings. The van der Waals surface area contributed by atoms with Gasteiger partial charge in [0.2, 0.25) is 6.29 Å². The van der Waals surface area contributed by atoms with Gasteiger partial charge in [0, 0.05) is 0 Å². The minimum atomic E-state index is -2.19. The van der Waals surface area contributed by atoms with Gasteiger partial charge in [0.1, 0.15) is 18.8 Å². The Labute approximate surface area is 249 Å². The predicted octanol–water partition coefficient (Wildman–Crippen LogP) is -0.277. The number of ether oxygens (including phenoxy) is 4. The summed E-state index contributed by atoms with van der Waals surface area (Å²) < 4.78 is 20.6. The second-order valence-corrected chi connectivity index (χ2v) is 9.49. The quantitative estimate of drug-likeness (QED) is 0.0902. The molecule has 1 fully saturated rings. The van der Waals surface area contributed by atoms with Gasteiger partial charge in [0.15, 0.2) is 64.0 Å². The van der Waals surface area contributed by atoms with Crippen LogP contribution >= 0.6 is 0 Å². The molecule has 0 unspecified atom stereocenters. The molecule has 240 valence electrons. The van der Waals surface area contributed by atoms with Gasteiger partial charge in [0.05, 0.1) is 16.7 Å². The fraction of sp³-hybridized carbons (Fsp3) is 0.222. The summed E-state index contributed by atoms with van der Waals surface area (Å²) in [5, 5.41) is 108. The number of aliphatic hydroxyl groups is 2. The molecule has 0 aromatic heterocycles. The van der Waals surface area contributed by atoms with Crippen molar-refractivity contribution in [1.29, 1.82) is 0 Å². The molecule has 0 bridgehead atoms. The standard InChI is InChI=1S/C27H24O18/c28-11-1-8(2-12(29)18(11)34)24(39)42-7-17-21(37)23(44-25(40)9-3-13(30)19(35)14(31)4-9)22(38)27(43-17)45-26(41)10-5-15(32)20(36)16(33)6-10/h1-6,17,21-23,27-38H,7H2/t17-,21+,22-,23-,27+/m0/s1. The minimum Gasteiger partial charge on any atom is -0.504 e. The molecule has 3 aromatic carbocycles. The maximum Gasteiger partial charge on any atom is 0.340 e. The van der Waals surface area contributed by atoms with E-state index in [2.05, 4.69) is 0 Å². The van der Waals surface area contributed by atoms with E-state index in [1.807, 2.05) is 0 Å². The summed E-state index contributed by atoms with van der Waals surface area (Å²) in [6.07, 6.45) is -10.2. The van der Waals surface area contributed by atoms with Crippen molar-refractivity contribution in [3.8, 4) is 51.7 Å². The Morgan fingerprint density at radius 1 is 0.556 bits per heavy atom. The first kappa shape index (κ1) is 32.1. The van der Waals surface area contributed by atoms with E-state index in [0.29, 0.717) is 24.3 Å². The van der Waals surface area contributed by atoms with E-state index in [-0.39, 0.29) is 0 Å². The highest BCUT2D eigenvalue weighted by atomic mass is 16.7. The van der Waals surface area contributed by atoms with Crippen LogP contribution in [0.25, 0.3) is 0 Å². The molecule has 1 saturated heterocycles. The number of hydrogen-bond acceptors (Lipinski definition) is 18. The van der Waals surface area contributed by atoms with E-state index in [9.17, 15) is 70.6 Å². The maximum absolute atomic E-state index is 12.8.